The third-order valence-electron chi connectivity index (χ3n) is 4.49. The van der Waals surface area contributed by atoms with Gasteiger partial charge in [0.15, 0.2) is 0 Å². The molecule has 0 atom stereocenters. The van der Waals surface area contributed by atoms with Gasteiger partial charge in [0.1, 0.15) is 16.4 Å². The molecule has 3 N–H and O–H groups in total. The van der Waals surface area contributed by atoms with Crippen LogP contribution in [0.15, 0.2) is 41.3 Å². The third-order valence-corrected chi connectivity index (χ3v) is 5.89. The number of hydrogen-bond acceptors (Lipinski definition) is 7. The molecular weight excluding hydrogens is 497 g/mol. The summed E-state index contributed by atoms with van der Waals surface area (Å²) in [6.07, 6.45) is -5.08. The van der Waals surface area contributed by atoms with E-state index in [0.717, 1.165) is 0 Å². The number of ether oxygens (including phenoxy) is 2. The number of sulfonamides is 1. The van der Waals surface area contributed by atoms with Gasteiger partial charge in [0.2, 0.25) is 0 Å². The fourth-order valence-corrected chi connectivity index (χ4v) is 4.05. The topological polar surface area (TPSA) is 142 Å². The van der Waals surface area contributed by atoms with E-state index >= 15 is 0 Å². The van der Waals surface area contributed by atoms with E-state index in [4.69, 9.17) is 19.4 Å². The first-order valence-corrected chi connectivity index (χ1v) is 11.4. The zero-order valence-electron chi connectivity index (χ0n) is 19.2. The van der Waals surface area contributed by atoms with Crippen molar-refractivity contribution < 1.29 is 50.9 Å². The molecule has 0 spiro atoms. The van der Waals surface area contributed by atoms with Crippen LogP contribution in [0.3, 0.4) is 0 Å². The van der Waals surface area contributed by atoms with Gasteiger partial charge in [-0.1, -0.05) is 0 Å². The minimum atomic E-state index is -5.08. The molecule has 0 aliphatic carbocycles. The number of halogens is 3. The lowest BCUT2D eigenvalue weighted by molar-refractivity contribution is -0.192. The number of methoxy groups -OCH3 is 2. The Hall–Kier alpha value is -3.68. The van der Waals surface area contributed by atoms with Gasteiger partial charge in [-0.15, -0.1) is 0 Å². The van der Waals surface area contributed by atoms with Crippen molar-refractivity contribution in [3.8, 4) is 11.5 Å². The summed E-state index contributed by atoms with van der Waals surface area (Å²) in [6, 6.07) is 8.84. The zero-order chi connectivity index (χ0) is 27.0. The van der Waals surface area contributed by atoms with Crippen molar-refractivity contribution in [2.75, 3.05) is 36.9 Å². The molecule has 0 saturated heterocycles. The van der Waals surface area contributed by atoms with Crippen LogP contribution >= 0.6 is 0 Å². The Bertz CT molecular complexity index is 1150. The Labute approximate surface area is 199 Å². The lowest BCUT2D eigenvalue weighted by atomic mass is 10.1. The Morgan fingerprint density at radius 2 is 1.57 bits per heavy atom. The number of aromatic carboxylic acids is 1. The van der Waals surface area contributed by atoms with Crippen molar-refractivity contribution in [3.05, 3.63) is 42.0 Å². The van der Waals surface area contributed by atoms with Gasteiger partial charge >= 0.3 is 18.1 Å². The number of aliphatic carboxylic acids is 1. The second-order valence-corrected chi connectivity index (χ2v) is 8.29. The SMILES string of the molecule is CCN(CC)c1ccc(NS(=O)(=O)c2cc(OC)ccc2OC)cc1C(=O)O.O=C(O)C(F)(F)F. The number of carbonyl (C=O) groups is 2. The molecule has 194 valence electrons. The van der Waals surface area contributed by atoms with Gasteiger partial charge in [-0.25, -0.2) is 18.0 Å². The average molecular weight is 522 g/mol. The van der Waals surface area contributed by atoms with E-state index in [1.54, 1.807) is 12.1 Å². The summed E-state index contributed by atoms with van der Waals surface area (Å²) in [5.74, 6) is -3.40. The predicted molar refractivity (Wildman–Crippen MR) is 121 cm³/mol. The molecule has 0 amide bonds. The van der Waals surface area contributed by atoms with Gasteiger partial charge in [0, 0.05) is 24.8 Å². The second-order valence-electron chi connectivity index (χ2n) is 6.63. The standard InChI is InChI=1S/C19H24N2O6S.C2HF3O2/c1-5-21(6-2)16-9-7-13(11-15(16)19(22)23)20-28(24,25)18-12-14(26-3)8-10-17(18)27-4;3-2(4,5)1(6)7/h7-12,20H,5-6H2,1-4H3,(H,22,23);(H,6,7). The molecule has 0 radical (unpaired) electrons. The quantitative estimate of drug-likeness (QED) is 0.449. The van der Waals surface area contributed by atoms with E-state index in [2.05, 4.69) is 4.72 Å². The summed E-state index contributed by atoms with van der Waals surface area (Å²) in [5.41, 5.74) is 0.680. The predicted octanol–water partition coefficient (Wildman–Crippen LogP) is 3.68. The molecule has 0 saturated carbocycles. The van der Waals surface area contributed by atoms with E-state index in [-0.39, 0.29) is 21.9 Å². The highest BCUT2D eigenvalue weighted by Crippen LogP contribution is 2.31. The van der Waals surface area contributed by atoms with Crippen LogP contribution in [0, 0.1) is 0 Å². The molecule has 2 aromatic carbocycles. The van der Waals surface area contributed by atoms with E-state index in [9.17, 15) is 31.5 Å². The summed E-state index contributed by atoms with van der Waals surface area (Å²) in [6.45, 7) is 5.09. The number of nitrogens with one attached hydrogen (secondary N) is 1. The highest BCUT2D eigenvalue weighted by atomic mass is 32.2. The van der Waals surface area contributed by atoms with Crippen LogP contribution < -0.4 is 19.1 Å². The van der Waals surface area contributed by atoms with Crippen LogP contribution in [0.25, 0.3) is 0 Å². The molecule has 0 aliphatic rings. The second kappa shape index (κ2) is 12.1. The highest BCUT2D eigenvalue weighted by molar-refractivity contribution is 7.92. The lowest BCUT2D eigenvalue weighted by Gasteiger charge is -2.23. The van der Waals surface area contributed by atoms with Crippen LogP contribution in [0.2, 0.25) is 0 Å². The van der Waals surface area contributed by atoms with Crippen molar-refractivity contribution in [1.29, 1.82) is 0 Å². The average Bonchev–Trinajstić information content (AvgIpc) is 2.79. The van der Waals surface area contributed by atoms with Crippen molar-refractivity contribution >= 4 is 33.3 Å². The molecule has 0 unspecified atom stereocenters. The zero-order valence-corrected chi connectivity index (χ0v) is 20.0. The fourth-order valence-electron chi connectivity index (χ4n) is 2.82. The van der Waals surface area contributed by atoms with E-state index in [0.29, 0.717) is 24.5 Å². The summed E-state index contributed by atoms with van der Waals surface area (Å²) in [7, 11) is -1.25. The molecule has 2 aromatic rings. The Kier molecular flexibility index (Phi) is 10.2. The van der Waals surface area contributed by atoms with Crippen LogP contribution in [0.5, 0.6) is 11.5 Å². The molecule has 0 bridgehead atoms. The van der Waals surface area contributed by atoms with Crippen LogP contribution in [-0.4, -0.2) is 64.1 Å². The van der Waals surface area contributed by atoms with E-state index < -0.39 is 28.1 Å². The fraction of sp³-hybridized carbons (Fsp3) is 0.333. The number of hydrogen-bond donors (Lipinski definition) is 3. The van der Waals surface area contributed by atoms with Gasteiger partial charge in [-0.2, -0.15) is 13.2 Å². The number of benzene rings is 2. The van der Waals surface area contributed by atoms with Crippen molar-refractivity contribution in [2.45, 2.75) is 24.9 Å². The van der Waals surface area contributed by atoms with Crippen molar-refractivity contribution in [2.24, 2.45) is 0 Å². The van der Waals surface area contributed by atoms with Crippen LogP contribution in [0.4, 0.5) is 24.5 Å². The van der Waals surface area contributed by atoms with Gasteiger partial charge in [0.25, 0.3) is 10.0 Å². The number of carboxylic acid groups (broad SMARTS) is 2. The van der Waals surface area contributed by atoms with Gasteiger partial charge < -0.3 is 24.6 Å². The molecule has 35 heavy (non-hydrogen) atoms. The largest absolute Gasteiger partial charge is 0.497 e. The molecule has 0 aliphatic heterocycles. The van der Waals surface area contributed by atoms with Crippen molar-refractivity contribution in [3.63, 3.8) is 0 Å². The molecule has 0 fully saturated rings. The molecule has 0 heterocycles. The minimum Gasteiger partial charge on any atom is -0.497 e. The number of nitrogens with zero attached hydrogens (tertiary/aromatic N) is 1. The maximum absolute atomic E-state index is 12.9. The van der Waals surface area contributed by atoms with Gasteiger partial charge in [-0.3, -0.25) is 4.72 Å². The molecule has 0 aromatic heterocycles. The molecule has 14 heteroatoms. The number of rotatable bonds is 9. The summed E-state index contributed by atoms with van der Waals surface area (Å²) in [5, 5.41) is 16.7. The molecule has 2 rings (SSSR count). The smallest absolute Gasteiger partial charge is 0.490 e. The highest BCUT2D eigenvalue weighted by Gasteiger charge is 2.38. The Morgan fingerprint density at radius 3 is 2.00 bits per heavy atom. The lowest BCUT2D eigenvalue weighted by Crippen LogP contribution is -2.24. The van der Waals surface area contributed by atoms with Crippen molar-refractivity contribution in [1.82, 2.24) is 0 Å². The first kappa shape index (κ1) is 29.4. The van der Waals surface area contributed by atoms with Crippen LogP contribution in [-0.2, 0) is 14.8 Å². The van der Waals surface area contributed by atoms with Gasteiger partial charge in [-0.05, 0) is 44.2 Å². The molecule has 10 nitrogen and oxygen atoms in total. The minimum absolute atomic E-state index is 0.0153. The number of carboxylic acids is 2. The number of alkyl halides is 3. The Morgan fingerprint density at radius 1 is 1.00 bits per heavy atom. The van der Waals surface area contributed by atoms with E-state index in [1.807, 2.05) is 18.7 Å². The van der Waals surface area contributed by atoms with E-state index in [1.165, 1.54) is 38.5 Å². The third kappa shape index (κ3) is 7.95. The maximum Gasteiger partial charge on any atom is 0.490 e. The van der Waals surface area contributed by atoms with Gasteiger partial charge in [0.05, 0.1) is 25.5 Å². The first-order chi connectivity index (χ1) is 16.2. The Balaban J connectivity index is 0.000000762. The summed E-state index contributed by atoms with van der Waals surface area (Å²) >= 11 is 0. The summed E-state index contributed by atoms with van der Waals surface area (Å²) < 4.78 is 70.1. The first-order valence-electron chi connectivity index (χ1n) is 9.89. The normalized spacial score (nSPS) is 11.1. The summed E-state index contributed by atoms with van der Waals surface area (Å²) in [4.78, 5) is 22.4. The molecular formula is C21H25F3N2O8S. The number of anilines is 2. The monoisotopic (exact) mass is 522 g/mol. The maximum atomic E-state index is 12.9. The van der Waals surface area contributed by atoms with Crippen LogP contribution in [0.1, 0.15) is 24.2 Å².